The Bertz CT molecular complexity index is 1860. The lowest BCUT2D eigenvalue weighted by molar-refractivity contribution is 0.0511. The first kappa shape index (κ1) is 34.7. The van der Waals surface area contributed by atoms with E-state index < -0.39 is 0 Å². The minimum Gasteiger partial charge on any atom is -0.445 e. The van der Waals surface area contributed by atoms with E-state index in [1.165, 1.54) is 31.3 Å². The van der Waals surface area contributed by atoms with E-state index in [2.05, 4.69) is 40.3 Å². The average molecular weight is 727 g/mol. The van der Waals surface area contributed by atoms with Crippen molar-refractivity contribution in [1.82, 2.24) is 35.4 Å². The summed E-state index contributed by atoms with van der Waals surface area (Å²) in [6, 6.07) is 14.4. The molecule has 8 rings (SSSR count). The lowest BCUT2D eigenvalue weighted by Crippen LogP contribution is -2.46. The molecule has 13 heteroatoms. The largest absolute Gasteiger partial charge is 0.445 e. The zero-order valence-corrected chi connectivity index (χ0v) is 30.0. The summed E-state index contributed by atoms with van der Waals surface area (Å²) in [5.41, 5.74) is 3.58. The second kappa shape index (κ2) is 15.3. The van der Waals surface area contributed by atoms with Gasteiger partial charge in [0.25, 0.3) is 5.88 Å². The van der Waals surface area contributed by atoms with Crippen molar-refractivity contribution >= 4 is 23.5 Å². The third kappa shape index (κ3) is 8.13. The van der Waals surface area contributed by atoms with Crippen LogP contribution in [-0.2, 0) is 11.3 Å². The van der Waals surface area contributed by atoms with Crippen molar-refractivity contribution in [2.75, 3.05) is 37.6 Å². The van der Waals surface area contributed by atoms with Gasteiger partial charge in [0.1, 0.15) is 24.5 Å². The molecule has 4 aliphatic rings. The maximum Gasteiger partial charge on any atom is 0.407 e. The zero-order valence-electron chi connectivity index (χ0n) is 29.2. The number of benzene rings is 2. The van der Waals surface area contributed by atoms with Crippen molar-refractivity contribution in [2.45, 2.75) is 76.4 Å². The van der Waals surface area contributed by atoms with Crippen LogP contribution < -0.4 is 15.0 Å². The van der Waals surface area contributed by atoms with E-state index in [4.69, 9.17) is 21.1 Å². The number of anilines is 1. The number of alkyl carbamates (subject to hydrolysis) is 1. The molecule has 1 N–H and O–H groups in total. The molecule has 4 fully saturated rings. The number of nitrogens with one attached hydrogen (secondary N) is 1. The van der Waals surface area contributed by atoms with Gasteiger partial charge in [-0.15, -0.1) is 10.2 Å². The Hall–Kier alpha value is -4.42. The number of piperidine rings is 1. The second-order valence-corrected chi connectivity index (χ2v) is 15.3. The molecule has 2 aromatic heterocycles. The fourth-order valence-corrected chi connectivity index (χ4v) is 8.37. The predicted octanol–water partition coefficient (Wildman–Crippen LogP) is 7.57. The molecule has 1 spiro atoms. The number of hydrogen-bond donors (Lipinski definition) is 1. The number of carbonyl (C=O) groups excluding carboxylic acids is 1. The molecule has 0 bridgehead atoms. The van der Waals surface area contributed by atoms with Crippen LogP contribution in [0.1, 0.15) is 75.0 Å². The summed E-state index contributed by atoms with van der Waals surface area (Å²) < 4.78 is 26.4. The van der Waals surface area contributed by atoms with Gasteiger partial charge < -0.3 is 24.6 Å². The Morgan fingerprint density at radius 3 is 2.56 bits per heavy atom. The van der Waals surface area contributed by atoms with Crippen molar-refractivity contribution in [2.24, 2.45) is 11.3 Å². The summed E-state index contributed by atoms with van der Waals surface area (Å²) in [6.45, 7) is 5.08. The summed E-state index contributed by atoms with van der Waals surface area (Å²) in [5, 5.41) is 11.4. The van der Waals surface area contributed by atoms with Gasteiger partial charge in [-0.3, -0.25) is 0 Å². The number of nitrogens with zero attached hydrogens (tertiary/aromatic N) is 7. The van der Waals surface area contributed by atoms with Crippen LogP contribution in [0, 0.1) is 17.2 Å². The molecule has 4 heterocycles. The molecule has 2 aliphatic carbocycles. The number of carbonyl (C=O) groups is 1. The van der Waals surface area contributed by atoms with Gasteiger partial charge in [0.05, 0.1) is 5.69 Å². The van der Waals surface area contributed by atoms with Gasteiger partial charge in [0.2, 0.25) is 5.28 Å². The third-order valence-electron chi connectivity index (χ3n) is 11.4. The van der Waals surface area contributed by atoms with Crippen molar-refractivity contribution in [3.8, 4) is 22.8 Å². The molecule has 0 unspecified atom stereocenters. The van der Waals surface area contributed by atoms with Crippen LogP contribution in [0.5, 0.6) is 11.6 Å². The van der Waals surface area contributed by atoms with Crippen molar-refractivity contribution < 1.29 is 18.7 Å². The highest BCUT2D eigenvalue weighted by Crippen LogP contribution is 2.47. The Morgan fingerprint density at radius 1 is 0.962 bits per heavy atom. The molecule has 2 saturated carbocycles. The monoisotopic (exact) mass is 726 g/mol. The normalized spacial score (nSPS) is 20.6. The van der Waals surface area contributed by atoms with E-state index in [9.17, 15) is 9.18 Å². The van der Waals surface area contributed by atoms with Crippen LogP contribution in [0.25, 0.3) is 11.1 Å². The lowest BCUT2D eigenvalue weighted by atomic mass is 9.67. The quantitative estimate of drug-likeness (QED) is 0.175. The Labute approximate surface area is 308 Å². The summed E-state index contributed by atoms with van der Waals surface area (Å²) in [4.78, 5) is 30.5. The van der Waals surface area contributed by atoms with E-state index in [1.807, 2.05) is 30.3 Å². The fourth-order valence-electron chi connectivity index (χ4n) is 8.25. The minimum atomic E-state index is -0.374. The van der Waals surface area contributed by atoms with Gasteiger partial charge in [-0.25, -0.2) is 19.2 Å². The van der Waals surface area contributed by atoms with Gasteiger partial charge >= 0.3 is 6.09 Å². The minimum absolute atomic E-state index is 0.0490. The van der Waals surface area contributed by atoms with Crippen LogP contribution in [0.2, 0.25) is 5.28 Å². The van der Waals surface area contributed by atoms with Crippen LogP contribution in [0.3, 0.4) is 0 Å². The standard InChI is InChI=1S/C39H44ClFN8O3/c40-37-45-35(36(46-47-37)52-33-9-8-29(41)20-31(33)32-21-42-25-43-34(32)28-6-7-28)49-17-12-27(23-49)22-48-18-15-39(16-19-48)13-10-30(11-14-39)44-38(50)51-24-26-4-2-1-3-5-26/h1-5,8-9,20-21,25,27-28,30H,6-7,10-19,22-24H2,(H,44,50)/t27-/m0/s1. The topological polar surface area (TPSA) is 118 Å². The maximum atomic E-state index is 14.6. The molecule has 2 aliphatic heterocycles. The van der Waals surface area contributed by atoms with Gasteiger partial charge in [-0.05, 0) is 118 Å². The van der Waals surface area contributed by atoms with Gasteiger partial charge in [0, 0.05) is 48.9 Å². The molecular weight excluding hydrogens is 683 g/mol. The number of ether oxygens (including phenoxy) is 2. The van der Waals surface area contributed by atoms with Crippen molar-refractivity contribution in [3.05, 3.63) is 83.4 Å². The molecule has 1 atom stereocenters. The van der Waals surface area contributed by atoms with Crippen LogP contribution in [0.15, 0.2) is 61.1 Å². The highest BCUT2D eigenvalue weighted by Gasteiger charge is 2.39. The molecular formula is C39H44ClFN8O3. The summed E-state index contributed by atoms with van der Waals surface area (Å²) in [7, 11) is 0. The number of halogens is 2. The van der Waals surface area contributed by atoms with Crippen LogP contribution in [0.4, 0.5) is 15.0 Å². The molecule has 2 saturated heterocycles. The highest BCUT2D eigenvalue weighted by molar-refractivity contribution is 6.28. The van der Waals surface area contributed by atoms with Crippen LogP contribution in [-0.4, -0.2) is 74.9 Å². The number of rotatable bonds is 10. The Balaban J connectivity index is 0.845. The number of likely N-dealkylation sites (tertiary alicyclic amines) is 1. The van der Waals surface area contributed by atoms with E-state index in [-0.39, 0.29) is 29.1 Å². The molecule has 2 aromatic carbocycles. The third-order valence-corrected chi connectivity index (χ3v) is 11.5. The maximum absolute atomic E-state index is 14.6. The first-order chi connectivity index (χ1) is 25.4. The summed E-state index contributed by atoms with van der Waals surface area (Å²) in [5.74, 6) is 1.63. The first-order valence-corrected chi connectivity index (χ1v) is 18.9. The van der Waals surface area contributed by atoms with E-state index in [0.29, 0.717) is 41.0 Å². The SMILES string of the molecule is O=C(NC1CCC2(CC1)CCN(C[C@@H]1CCN(c3nc(Cl)nnc3Oc3ccc(F)cc3-c3cncnc3C3CC3)C1)CC2)OCc1ccccc1. The summed E-state index contributed by atoms with van der Waals surface area (Å²) in [6.07, 6.45) is 12.7. The molecule has 11 nitrogen and oxygen atoms in total. The number of amides is 1. The Morgan fingerprint density at radius 2 is 1.77 bits per heavy atom. The number of aromatic nitrogens is 5. The predicted molar refractivity (Wildman–Crippen MR) is 195 cm³/mol. The average Bonchev–Trinajstić information content (AvgIpc) is 3.92. The molecule has 272 valence electrons. The molecule has 1 amide bonds. The lowest BCUT2D eigenvalue weighted by Gasteiger charge is -2.46. The second-order valence-electron chi connectivity index (χ2n) is 14.9. The van der Waals surface area contributed by atoms with E-state index in [0.717, 1.165) is 94.5 Å². The van der Waals surface area contributed by atoms with Crippen molar-refractivity contribution in [1.29, 1.82) is 0 Å². The molecule has 52 heavy (non-hydrogen) atoms. The van der Waals surface area contributed by atoms with Gasteiger partial charge in [0.15, 0.2) is 5.82 Å². The Kier molecular flexibility index (Phi) is 10.2. The highest BCUT2D eigenvalue weighted by atomic mass is 35.5. The first-order valence-electron chi connectivity index (χ1n) is 18.5. The van der Waals surface area contributed by atoms with Gasteiger partial charge in [-0.2, -0.15) is 4.98 Å². The zero-order chi connectivity index (χ0) is 35.5. The number of hydrogen-bond acceptors (Lipinski definition) is 10. The van der Waals surface area contributed by atoms with Gasteiger partial charge in [-0.1, -0.05) is 30.3 Å². The van der Waals surface area contributed by atoms with E-state index >= 15 is 0 Å². The smallest absolute Gasteiger partial charge is 0.407 e. The molecule has 4 aromatic rings. The van der Waals surface area contributed by atoms with Crippen molar-refractivity contribution in [3.63, 3.8) is 0 Å². The molecule has 0 radical (unpaired) electrons. The van der Waals surface area contributed by atoms with E-state index in [1.54, 1.807) is 12.3 Å². The van der Waals surface area contributed by atoms with Crippen LogP contribution >= 0.6 is 11.6 Å². The summed E-state index contributed by atoms with van der Waals surface area (Å²) >= 11 is 6.27. The fraction of sp³-hybridized carbons (Fsp3) is 0.487.